The minimum Gasteiger partial charge on any atom is -0.478 e. The number of hydrogen-bond acceptors (Lipinski definition) is 8. The molecule has 0 saturated heterocycles. The number of nitrogens with one attached hydrogen (secondary N) is 1. The van der Waals surface area contributed by atoms with Crippen LogP contribution in [0.1, 0.15) is 51.9 Å². The number of anilines is 4. The van der Waals surface area contributed by atoms with Gasteiger partial charge in [-0.05, 0) is 12.8 Å². The van der Waals surface area contributed by atoms with Gasteiger partial charge in [-0.25, -0.2) is 9.36 Å². The summed E-state index contributed by atoms with van der Waals surface area (Å²) in [6.07, 6.45) is 8.57. The quantitative estimate of drug-likeness (QED) is 0.464. The second kappa shape index (κ2) is 11.3. The largest absolute Gasteiger partial charge is 0.478 e. The second-order valence-corrected chi connectivity index (χ2v) is 7.07. The number of hydrogen-bond donors (Lipinski definition) is 4. The van der Waals surface area contributed by atoms with Crippen LogP contribution in [-0.2, 0) is 13.1 Å². The van der Waals surface area contributed by atoms with Gasteiger partial charge in [0.15, 0.2) is 5.82 Å². The van der Waals surface area contributed by atoms with Gasteiger partial charge in [-0.2, -0.15) is 0 Å². The predicted octanol–water partition coefficient (Wildman–Crippen LogP) is 2.71. The van der Waals surface area contributed by atoms with Crippen molar-refractivity contribution < 1.29 is 9.47 Å². The molecule has 0 fully saturated rings. The number of methoxy groups -OCH3 is 2. The molecule has 0 bridgehead atoms. The molecule has 10 heteroatoms. The van der Waals surface area contributed by atoms with Crippen LogP contribution in [0.4, 0.5) is 23.0 Å². The molecule has 7 N–H and O–H groups in total. The van der Waals surface area contributed by atoms with Crippen LogP contribution in [0.25, 0.3) is 0 Å². The van der Waals surface area contributed by atoms with E-state index in [9.17, 15) is 0 Å². The lowest BCUT2D eigenvalue weighted by molar-refractivity contribution is 0.388. The molecule has 0 aliphatic carbocycles. The van der Waals surface area contributed by atoms with Gasteiger partial charge in [0.25, 0.3) is 11.8 Å². The first-order valence-corrected chi connectivity index (χ1v) is 10.3. The average Bonchev–Trinajstić information content (AvgIpc) is 3.22. The van der Waals surface area contributed by atoms with Crippen molar-refractivity contribution in [2.24, 2.45) is 0 Å². The normalized spacial score (nSPS) is 12.5. The number of unbranched alkanes of at least 4 members (excludes halogenated alkanes) is 5. The second-order valence-electron chi connectivity index (χ2n) is 7.07. The molecule has 1 aliphatic heterocycles. The van der Waals surface area contributed by atoms with E-state index in [4.69, 9.17) is 26.7 Å². The highest BCUT2D eigenvalue weighted by molar-refractivity contribution is 5.68. The Bertz CT molecular complexity index is 756. The van der Waals surface area contributed by atoms with Crippen molar-refractivity contribution in [2.45, 2.75) is 65.0 Å². The number of nitrogens with two attached hydrogens (primary N) is 3. The summed E-state index contributed by atoms with van der Waals surface area (Å²) in [7, 11) is 3.12. The molecule has 0 radical (unpaired) electrons. The Hall–Kier alpha value is -2.78. The van der Waals surface area contributed by atoms with Crippen molar-refractivity contribution in [3.05, 3.63) is 0 Å². The molecule has 164 valence electrons. The molecular weight excluding hydrogens is 372 g/mol. The zero-order valence-electron chi connectivity index (χ0n) is 17.9. The van der Waals surface area contributed by atoms with E-state index in [0.29, 0.717) is 29.0 Å². The number of nitrogens with zero attached hydrogens (tertiary/aromatic N) is 4. The van der Waals surface area contributed by atoms with Crippen molar-refractivity contribution >= 4 is 23.0 Å². The van der Waals surface area contributed by atoms with E-state index in [2.05, 4.69) is 22.4 Å². The van der Waals surface area contributed by atoms with E-state index < -0.39 is 0 Å². The molecule has 2 aromatic heterocycles. The molecule has 3 rings (SSSR count). The Morgan fingerprint density at radius 1 is 0.931 bits per heavy atom. The Morgan fingerprint density at radius 3 is 2.21 bits per heavy atom. The Labute approximate surface area is 172 Å². The van der Waals surface area contributed by atoms with Crippen molar-refractivity contribution in [1.29, 1.82) is 0 Å². The maximum absolute atomic E-state index is 5.84. The Morgan fingerprint density at radius 2 is 1.59 bits per heavy atom. The monoisotopic (exact) mass is 408 g/mol. The summed E-state index contributed by atoms with van der Waals surface area (Å²) in [6.45, 7) is 4.90. The van der Waals surface area contributed by atoms with Crippen molar-refractivity contribution in [1.82, 2.24) is 19.6 Å². The third-order valence-electron chi connectivity index (χ3n) is 4.90. The zero-order chi connectivity index (χ0) is 21.2. The number of fused-ring (bicyclic) bond motifs is 1. The third-order valence-corrected chi connectivity index (χ3v) is 4.90. The smallest absolute Gasteiger partial charge is 0.258 e. The van der Waals surface area contributed by atoms with Crippen molar-refractivity contribution in [3.63, 3.8) is 0 Å². The van der Waals surface area contributed by atoms with Gasteiger partial charge >= 0.3 is 0 Å². The summed E-state index contributed by atoms with van der Waals surface area (Å²) in [4.78, 5) is 0. The predicted molar refractivity (Wildman–Crippen MR) is 117 cm³/mol. The first-order valence-electron chi connectivity index (χ1n) is 10.3. The molecule has 0 atom stereocenters. The number of ether oxygens (including phenoxy) is 2. The standard InChI is InChI=1S/C12H24N4O.C7H12N4O/c1-3-4-5-6-7-8-9-16-11(14)10(13)12(15-16)17-2;1-12-7-5(8)6-9-3-2-4-11(6)10-7/h3-9,13-14H2,1-2H3;9H,2-4,8H2,1H3. The van der Waals surface area contributed by atoms with Crippen LogP contribution >= 0.6 is 0 Å². The lowest BCUT2D eigenvalue weighted by Crippen LogP contribution is -2.18. The van der Waals surface area contributed by atoms with Crippen LogP contribution in [0.3, 0.4) is 0 Å². The van der Waals surface area contributed by atoms with Crippen LogP contribution in [-0.4, -0.2) is 40.3 Å². The highest BCUT2D eigenvalue weighted by atomic mass is 16.5. The number of nitrogen functional groups attached to an aromatic ring is 3. The van der Waals surface area contributed by atoms with E-state index in [0.717, 1.165) is 38.3 Å². The van der Waals surface area contributed by atoms with E-state index in [1.807, 2.05) is 4.68 Å². The number of rotatable bonds is 9. The fraction of sp³-hybridized carbons (Fsp3) is 0.684. The first kappa shape index (κ1) is 22.5. The van der Waals surface area contributed by atoms with E-state index >= 15 is 0 Å². The molecule has 0 aromatic carbocycles. The summed E-state index contributed by atoms with van der Waals surface area (Å²) in [5.41, 5.74) is 18.4. The molecule has 0 unspecified atom stereocenters. The number of aromatic nitrogens is 4. The fourth-order valence-corrected chi connectivity index (χ4v) is 3.22. The van der Waals surface area contributed by atoms with Gasteiger partial charge in [-0.1, -0.05) is 39.0 Å². The Balaban J connectivity index is 0.000000218. The van der Waals surface area contributed by atoms with E-state index in [1.165, 1.54) is 32.1 Å². The minimum atomic E-state index is 0.425. The minimum absolute atomic E-state index is 0.425. The van der Waals surface area contributed by atoms with Gasteiger partial charge in [0, 0.05) is 19.6 Å². The number of aryl methyl sites for hydroxylation is 2. The fourth-order valence-electron chi connectivity index (χ4n) is 3.22. The van der Waals surface area contributed by atoms with Crippen molar-refractivity contribution in [3.8, 4) is 11.8 Å². The van der Waals surface area contributed by atoms with E-state index in [-0.39, 0.29) is 0 Å². The summed E-state index contributed by atoms with van der Waals surface area (Å²) < 4.78 is 13.6. The van der Waals surface area contributed by atoms with E-state index in [1.54, 1.807) is 18.9 Å². The average molecular weight is 409 g/mol. The summed E-state index contributed by atoms with van der Waals surface area (Å²) in [5.74, 6) is 2.33. The van der Waals surface area contributed by atoms with Crippen LogP contribution in [0.5, 0.6) is 11.8 Å². The maximum atomic E-state index is 5.84. The van der Waals surface area contributed by atoms with Gasteiger partial charge in [0.2, 0.25) is 0 Å². The Kier molecular flexibility index (Phi) is 8.75. The molecule has 29 heavy (non-hydrogen) atoms. The van der Waals surface area contributed by atoms with Crippen LogP contribution < -0.4 is 32.0 Å². The van der Waals surface area contributed by atoms with Gasteiger partial charge in [0.1, 0.15) is 17.2 Å². The van der Waals surface area contributed by atoms with Gasteiger partial charge in [0.05, 0.1) is 14.2 Å². The molecule has 2 aromatic rings. The van der Waals surface area contributed by atoms with Gasteiger partial charge in [-0.15, -0.1) is 10.2 Å². The molecule has 3 heterocycles. The maximum Gasteiger partial charge on any atom is 0.258 e. The summed E-state index contributed by atoms with van der Waals surface area (Å²) >= 11 is 0. The van der Waals surface area contributed by atoms with Gasteiger partial charge in [-0.3, -0.25) is 0 Å². The van der Waals surface area contributed by atoms with Crippen LogP contribution in [0, 0.1) is 0 Å². The molecule has 1 aliphatic rings. The summed E-state index contributed by atoms with van der Waals surface area (Å²) in [6, 6.07) is 0. The SMILES string of the molecule is CCCCCCCCn1nc(OC)c(N)c1N.COc1nn2c(c1N)NCCC2. The molecule has 0 amide bonds. The van der Waals surface area contributed by atoms with Crippen LogP contribution in [0.15, 0.2) is 0 Å². The molecule has 10 nitrogen and oxygen atoms in total. The highest BCUT2D eigenvalue weighted by Crippen LogP contribution is 2.30. The molecule has 0 saturated carbocycles. The van der Waals surface area contributed by atoms with Crippen molar-refractivity contribution in [2.75, 3.05) is 43.3 Å². The molecule has 0 spiro atoms. The highest BCUT2D eigenvalue weighted by Gasteiger charge is 2.17. The zero-order valence-corrected chi connectivity index (χ0v) is 17.9. The third kappa shape index (κ3) is 5.85. The van der Waals surface area contributed by atoms with Crippen LogP contribution in [0.2, 0.25) is 0 Å². The topological polar surface area (TPSA) is 144 Å². The lowest BCUT2D eigenvalue weighted by Gasteiger charge is -2.14. The first-order chi connectivity index (χ1) is 14.0. The van der Waals surface area contributed by atoms with Gasteiger partial charge < -0.3 is 32.0 Å². The lowest BCUT2D eigenvalue weighted by atomic mass is 10.1. The molecular formula is C19H36N8O2. The summed E-state index contributed by atoms with van der Waals surface area (Å²) in [5, 5.41) is 11.6.